The maximum absolute atomic E-state index is 13.8. The van der Waals surface area contributed by atoms with E-state index in [1.54, 1.807) is 0 Å². The van der Waals surface area contributed by atoms with Gasteiger partial charge in [0.25, 0.3) is 0 Å². The molecular weight excluding hydrogens is 561 g/mol. The van der Waals surface area contributed by atoms with E-state index in [0.29, 0.717) is 36.8 Å². The highest BCUT2D eigenvalue weighted by Crippen LogP contribution is 2.37. The first-order valence-corrected chi connectivity index (χ1v) is 15.1. The lowest BCUT2D eigenvalue weighted by atomic mass is 9.96. The zero-order valence-corrected chi connectivity index (χ0v) is 23.6. The SMILES string of the molecule is O=S(=O)(c1ccc(Cl)cc1)c1nc(-c2ccc(F)cc2)oc1N1CCN(C(c2ccccc2)c2ccccc2)CC1. The molecule has 0 aliphatic carbocycles. The molecule has 0 saturated carbocycles. The minimum Gasteiger partial charge on any atom is -0.419 e. The van der Waals surface area contributed by atoms with Crippen molar-refractivity contribution in [2.75, 3.05) is 31.1 Å². The second-order valence-electron chi connectivity index (χ2n) is 9.84. The smallest absolute Gasteiger partial charge is 0.236 e. The van der Waals surface area contributed by atoms with Crippen LogP contribution >= 0.6 is 11.6 Å². The topological polar surface area (TPSA) is 66.7 Å². The third kappa shape index (κ3) is 5.63. The fraction of sp³-hybridized carbons (Fsp3) is 0.156. The van der Waals surface area contributed by atoms with Gasteiger partial charge in [0.2, 0.25) is 26.6 Å². The fourth-order valence-corrected chi connectivity index (χ4v) is 6.63. The number of nitrogens with zero attached hydrogens (tertiary/aromatic N) is 3. The Labute approximate surface area is 243 Å². The van der Waals surface area contributed by atoms with Crippen molar-refractivity contribution in [3.05, 3.63) is 131 Å². The highest BCUT2D eigenvalue weighted by atomic mass is 35.5. The molecule has 1 aliphatic heterocycles. The van der Waals surface area contributed by atoms with Gasteiger partial charge in [0.1, 0.15) is 5.82 Å². The Morgan fingerprint density at radius 2 is 1.32 bits per heavy atom. The predicted molar refractivity (Wildman–Crippen MR) is 157 cm³/mol. The van der Waals surface area contributed by atoms with Gasteiger partial charge < -0.3 is 9.32 Å². The van der Waals surface area contributed by atoms with Gasteiger partial charge in [-0.05, 0) is 59.7 Å². The summed E-state index contributed by atoms with van der Waals surface area (Å²) in [5.41, 5.74) is 2.87. The van der Waals surface area contributed by atoms with E-state index in [-0.39, 0.29) is 27.7 Å². The zero-order chi connectivity index (χ0) is 28.4. The molecule has 0 unspecified atom stereocenters. The van der Waals surface area contributed by atoms with Crippen LogP contribution in [0, 0.1) is 5.82 Å². The van der Waals surface area contributed by atoms with Gasteiger partial charge in [-0.2, -0.15) is 4.98 Å². The number of oxazole rings is 1. The van der Waals surface area contributed by atoms with Crippen molar-refractivity contribution < 1.29 is 17.2 Å². The zero-order valence-electron chi connectivity index (χ0n) is 22.0. The van der Waals surface area contributed by atoms with Gasteiger partial charge in [0, 0.05) is 36.8 Å². The molecule has 1 aliphatic rings. The molecule has 4 aromatic carbocycles. The van der Waals surface area contributed by atoms with Gasteiger partial charge in [-0.1, -0.05) is 72.3 Å². The van der Waals surface area contributed by atoms with Crippen molar-refractivity contribution in [2.24, 2.45) is 0 Å². The number of hydrogen-bond acceptors (Lipinski definition) is 6. The van der Waals surface area contributed by atoms with Crippen LogP contribution in [0.2, 0.25) is 5.02 Å². The van der Waals surface area contributed by atoms with Crippen molar-refractivity contribution in [3.8, 4) is 11.5 Å². The van der Waals surface area contributed by atoms with Gasteiger partial charge >= 0.3 is 0 Å². The number of benzene rings is 4. The Morgan fingerprint density at radius 1 is 0.756 bits per heavy atom. The molecule has 0 atom stereocenters. The van der Waals surface area contributed by atoms with Crippen LogP contribution in [0.25, 0.3) is 11.5 Å². The third-order valence-corrected chi connectivity index (χ3v) is 9.17. The Bertz CT molecular complexity index is 1680. The molecule has 1 saturated heterocycles. The number of sulfone groups is 1. The number of piperazine rings is 1. The molecule has 41 heavy (non-hydrogen) atoms. The second-order valence-corrected chi connectivity index (χ2v) is 12.1. The highest BCUT2D eigenvalue weighted by Gasteiger charge is 2.34. The minimum absolute atomic E-state index is 0.0568. The normalized spacial score (nSPS) is 14.5. The van der Waals surface area contributed by atoms with Crippen LogP contribution in [-0.2, 0) is 9.84 Å². The standard InChI is InChI=1S/C32H27ClFN3O3S/c33-26-13-17-28(18-14-26)41(38,39)31-32(40-30(35-31)25-11-15-27(34)16-12-25)37-21-19-36(20-22-37)29(23-7-3-1-4-8-23)24-9-5-2-6-10-24/h1-18,29H,19-22H2. The van der Waals surface area contributed by atoms with E-state index in [1.807, 2.05) is 41.3 Å². The summed E-state index contributed by atoms with van der Waals surface area (Å²) in [4.78, 5) is 8.82. The Balaban J connectivity index is 1.34. The van der Waals surface area contributed by atoms with E-state index in [4.69, 9.17) is 16.0 Å². The van der Waals surface area contributed by atoms with Crippen LogP contribution in [0.4, 0.5) is 10.3 Å². The summed E-state index contributed by atoms with van der Waals surface area (Å²) >= 11 is 6.01. The Morgan fingerprint density at radius 3 is 1.88 bits per heavy atom. The first kappa shape index (κ1) is 27.2. The second kappa shape index (κ2) is 11.5. The summed E-state index contributed by atoms with van der Waals surface area (Å²) in [6.45, 7) is 2.39. The van der Waals surface area contributed by atoms with Gasteiger partial charge in [-0.15, -0.1) is 0 Å². The Hall–Kier alpha value is -3.98. The average molecular weight is 588 g/mol. The summed E-state index contributed by atoms with van der Waals surface area (Å²) in [6, 6.07) is 32.4. The average Bonchev–Trinajstić information content (AvgIpc) is 3.46. The minimum atomic E-state index is -4.04. The van der Waals surface area contributed by atoms with Crippen LogP contribution in [0.1, 0.15) is 17.2 Å². The number of rotatable bonds is 7. The van der Waals surface area contributed by atoms with Crippen LogP contribution in [0.15, 0.2) is 124 Å². The molecule has 1 aromatic heterocycles. The van der Waals surface area contributed by atoms with Crippen molar-refractivity contribution in [3.63, 3.8) is 0 Å². The van der Waals surface area contributed by atoms with Crippen molar-refractivity contribution >= 4 is 27.3 Å². The lowest BCUT2D eigenvalue weighted by molar-refractivity contribution is 0.209. The highest BCUT2D eigenvalue weighted by molar-refractivity contribution is 7.91. The fourth-order valence-electron chi connectivity index (χ4n) is 5.18. The summed E-state index contributed by atoms with van der Waals surface area (Å²) in [5, 5.41) is 0.258. The summed E-state index contributed by atoms with van der Waals surface area (Å²) < 4.78 is 47.3. The van der Waals surface area contributed by atoms with Gasteiger partial charge in [0.05, 0.1) is 10.9 Å². The molecule has 6 rings (SSSR count). The van der Waals surface area contributed by atoms with Gasteiger partial charge in [0.15, 0.2) is 0 Å². The van der Waals surface area contributed by atoms with Gasteiger partial charge in [-0.25, -0.2) is 12.8 Å². The number of anilines is 1. The molecule has 0 bridgehead atoms. The summed E-state index contributed by atoms with van der Waals surface area (Å²) in [7, 11) is -4.04. The van der Waals surface area contributed by atoms with Crippen molar-refractivity contribution in [1.29, 1.82) is 0 Å². The molecule has 6 nitrogen and oxygen atoms in total. The van der Waals surface area contributed by atoms with E-state index < -0.39 is 15.7 Å². The van der Waals surface area contributed by atoms with E-state index in [0.717, 1.165) is 0 Å². The maximum atomic E-state index is 13.8. The maximum Gasteiger partial charge on any atom is 0.236 e. The van der Waals surface area contributed by atoms with Crippen LogP contribution in [-0.4, -0.2) is 44.5 Å². The predicted octanol–water partition coefficient (Wildman–Crippen LogP) is 6.88. The van der Waals surface area contributed by atoms with E-state index >= 15 is 0 Å². The molecule has 0 N–H and O–H groups in total. The monoisotopic (exact) mass is 587 g/mol. The molecule has 2 heterocycles. The lowest BCUT2D eigenvalue weighted by Gasteiger charge is -2.39. The largest absolute Gasteiger partial charge is 0.419 e. The van der Waals surface area contributed by atoms with Crippen molar-refractivity contribution in [1.82, 2.24) is 9.88 Å². The third-order valence-electron chi connectivity index (χ3n) is 7.25. The molecule has 0 amide bonds. The number of hydrogen-bond donors (Lipinski definition) is 0. The number of halogens is 2. The summed E-state index contributed by atoms with van der Waals surface area (Å²) in [5.74, 6) is -0.117. The molecule has 208 valence electrons. The first-order valence-electron chi connectivity index (χ1n) is 13.3. The van der Waals surface area contributed by atoms with E-state index in [2.05, 4.69) is 34.1 Å². The number of aromatic nitrogens is 1. The lowest BCUT2D eigenvalue weighted by Crippen LogP contribution is -2.48. The van der Waals surface area contributed by atoms with Crippen LogP contribution in [0.3, 0.4) is 0 Å². The molecule has 1 fully saturated rings. The Kier molecular flexibility index (Phi) is 7.62. The molecule has 0 radical (unpaired) electrons. The van der Waals surface area contributed by atoms with Crippen LogP contribution in [0.5, 0.6) is 0 Å². The van der Waals surface area contributed by atoms with Gasteiger partial charge in [-0.3, -0.25) is 4.90 Å². The summed E-state index contributed by atoms with van der Waals surface area (Å²) in [6.07, 6.45) is 0. The van der Waals surface area contributed by atoms with E-state index in [9.17, 15) is 12.8 Å². The van der Waals surface area contributed by atoms with Crippen molar-refractivity contribution in [2.45, 2.75) is 16.0 Å². The molecular formula is C32H27ClFN3O3S. The molecule has 5 aromatic rings. The molecule has 0 spiro atoms. The quantitative estimate of drug-likeness (QED) is 0.207. The first-order chi connectivity index (χ1) is 19.9. The van der Waals surface area contributed by atoms with E-state index in [1.165, 1.54) is 59.7 Å². The van der Waals surface area contributed by atoms with Crippen LogP contribution < -0.4 is 4.90 Å². The molecule has 9 heteroatoms.